The zero-order valence-corrected chi connectivity index (χ0v) is 5.34. The molecule has 0 fully saturated rings. The van der Waals surface area contributed by atoms with Crippen LogP contribution in [0.4, 0.5) is 0 Å². The molecule has 0 saturated heterocycles. The highest BCUT2D eigenvalue weighted by Crippen LogP contribution is 1.78. The van der Waals surface area contributed by atoms with Gasteiger partial charge in [0.05, 0.1) is 4.92 Å². The summed E-state index contributed by atoms with van der Waals surface area (Å²) in [6.45, 7) is 0. The van der Waals surface area contributed by atoms with Crippen molar-refractivity contribution < 1.29 is 4.92 Å². The maximum atomic E-state index is 9.78. The van der Waals surface area contributed by atoms with E-state index in [0.29, 0.717) is 5.82 Å². The van der Waals surface area contributed by atoms with Crippen molar-refractivity contribution in [1.29, 1.82) is 0 Å². The fraction of sp³-hybridized carbons (Fsp3) is 0.500. The van der Waals surface area contributed by atoms with Gasteiger partial charge in [0.2, 0.25) is 0 Å². The van der Waals surface area contributed by atoms with E-state index in [1.165, 1.54) is 0 Å². The summed E-state index contributed by atoms with van der Waals surface area (Å²) < 4.78 is 0. The Hall–Kier alpha value is -1.26. The SMILES string of the molecule is CNC(=C[N+](=O)[O-])NC. The van der Waals surface area contributed by atoms with Gasteiger partial charge in [-0.1, -0.05) is 0 Å². The maximum Gasteiger partial charge on any atom is 0.274 e. The van der Waals surface area contributed by atoms with Gasteiger partial charge in [0.15, 0.2) is 5.82 Å². The smallest absolute Gasteiger partial charge is 0.274 e. The van der Waals surface area contributed by atoms with Crippen LogP contribution in [0.2, 0.25) is 0 Å². The van der Waals surface area contributed by atoms with Gasteiger partial charge in [-0.15, -0.1) is 0 Å². The normalized spacial score (nSPS) is 7.78. The van der Waals surface area contributed by atoms with E-state index in [2.05, 4.69) is 10.6 Å². The van der Waals surface area contributed by atoms with Gasteiger partial charge in [-0.3, -0.25) is 10.1 Å². The number of hydrogen-bond acceptors (Lipinski definition) is 4. The highest BCUT2D eigenvalue weighted by Gasteiger charge is 1.93. The van der Waals surface area contributed by atoms with E-state index in [-0.39, 0.29) is 0 Å². The summed E-state index contributed by atoms with van der Waals surface area (Å²) in [6.07, 6.45) is 0.861. The van der Waals surface area contributed by atoms with E-state index in [0.717, 1.165) is 6.20 Å². The number of rotatable bonds is 3. The summed E-state index contributed by atoms with van der Waals surface area (Å²) in [7, 11) is 3.21. The molecule has 0 heterocycles. The Morgan fingerprint density at radius 1 is 1.56 bits per heavy atom. The van der Waals surface area contributed by atoms with E-state index in [1.54, 1.807) is 14.1 Å². The lowest BCUT2D eigenvalue weighted by atomic mass is 10.7. The molecule has 0 spiro atoms. The Labute approximate surface area is 52.9 Å². The average molecular weight is 131 g/mol. The lowest BCUT2D eigenvalue weighted by Crippen LogP contribution is -2.20. The van der Waals surface area contributed by atoms with Crippen molar-refractivity contribution in [2.75, 3.05) is 14.1 Å². The molecule has 0 aromatic heterocycles. The molecular weight excluding hydrogens is 122 g/mol. The van der Waals surface area contributed by atoms with Crippen LogP contribution in [-0.2, 0) is 0 Å². The van der Waals surface area contributed by atoms with Crippen LogP contribution in [0.1, 0.15) is 0 Å². The van der Waals surface area contributed by atoms with Crippen molar-refractivity contribution in [1.82, 2.24) is 10.6 Å². The second kappa shape index (κ2) is 3.71. The number of nitrogens with one attached hydrogen (secondary N) is 2. The lowest BCUT2D eigenvalue weighted by molar-refractivity contribution is -0.404. The predicted octanol–water partition coefficient (Wildman–Crippen LogP) is -0.499. The van der Waals surface area contributed by atoms with Crippen LogP contribution in [0.3, 0.4) is 0 Å². The van der Waals surface area contributed by atoms with Crippen molar-refractivity contribution in [3.8, 4) is 0 Å². The zero-order valence-electron chi connectivity index (χ0n) is 5.34. The summed E-state index contributed by atoms with van der Waals surface area (Å²) in [5.41, 5.74) is 0. The molecular formula is C4H9N3O2. The van der Waals surface area contributed by atoms with Crippen molar-refractivity contribution in [3.05, 3.63) is 22.1 Å². The van der Waals surface area contributed by atoms with Gasteiger partial charge in [0.25, 0.3) is 6.20 Å². The molecule has 0 aromatic carbocycles. The maximum absolute atomic E-state index is 9.78. The van der Waals surface area contributed by atoms with E-state index in [9.17, 15) is 10.1 Å². The van der Waals surface area contributed by atoms with Crippen molar-refractivity contribution >= 4 is 0 Å². The third-order valence-electron chi connectivity index (χ3n) is 0.773. The third-order valence-corrected chi connectivity index (χ3v) is 0.773. The highest BCUT2D eigenvalue weighted by atomic mass is 16.6. The molecule has 0 rings (SSSR count). The van der Waals surface area contributed by atoms with Gasteiger partial charge in [0, 0.05) is 14.1 Å². The summed E-state index contributed by atoms with van der Waals surface area (Å²) >= 11 is 0. The van der Waals surface area contributed by atoms with Crippen LogP contribution < -0.4 is 10.6 Å². The molecule has 2 N–H and O–H groups in total. The Morgan fingerprint density at radius 2 is 2.00 bits per heavy atom. The first kappa shape index (κ1) is 7.74. The van der Waals surface area contributed by atoms with E-state index < -0.39 is 4.92 Å². The van der Waals surface area contributed by atoms with Crippen LogP contribution in [0.25, 0.3) is 0 Å². The standard InChI is InChI=1S/C4H9N3O2/c1-5-4(6-2)3-7(8)9/h3,5-6H,1-2H3. The molecule has 0 aliphatic carbocycles. The first-order valence-corrected chi connectivity index (χ1v) is 2.41. The largest absolute Gasteiger partial charge is 0.370 e. The minimum absolute atomic E-state index is 0.389. The molecule has 0 bridgehead atoms. The quantitative estimate of drug-likeness (QED) is 0.400. The Kier molecular flexibility index (Phi) is 3.19. The summed E-state index contributed by atoms with van der Waals surface area (Å²) in [5.74, 6) is 0.389. The Bertz CT molecular complexity index is 126. The number of hydrogen-bond donors (Lipinski definition) is 2. The van der Waals surface area contributed by atoms with Gasteiger partial charge in [-0.25, -0.2) is 0 Å². The second-order valence-corrected chi connectivity index (χ2v) is 1.33. The first-order valence-electron chi connectivity index (χ1n) is 2.41. The molecule has 0 atom stereocenters. The van der Waals surface area contributed by atoms with Gasteiger partial charge in [-0.05, 0) is 0 Å². The topological polar surface area (TPSA) is 67.2 Å². The molecule has 52 valence electrons. The second-order valence-electron chi connectivity index (χ2n) is 1.33. The molecule has 0 aromatic rings. The monoisotopic (exact) mass is 131 g/mol. The minimum atomic E-state index is -0.525. The molecule has 5 heteroatoms. The van der Waals surface area contributed by atoms with E-state index in [4.69, 9.17) is 0 Å². The highest BCUT2D eigenvalue weighted by molar-refractivity contribution is 4.88. The van der Waals surface area contributed by atoms with Gasteiger partial charge >= 0.3 is 0 Å². The summed E-state index contributed by atoms with van der Waals surface area (Å²) in [4.78, 5) is 9.25. The van der Waals surface area contributed by atoms with E-state index in [1.807, 2.05) is 0 Å². The molecule has 0 saturated carbocycles. The molecule has 0 unspecified atom stereocenters. The summed E-state index contributed by atoms with van der Waals surface area (Å²) in [5, 5.41) is 15.0. The van der Waals surface area contributed by atoms with Gasteiger partial charge < -0.3 is 10.6 Å². The molecule has 5 nitrogen and oxygen atoms in total. The molecule has 0 radical (unpaired) electrons. The molecule has 0 amide bonds. The first-order chi connectivity index (χ1) is 4.20. The fourth-order valence-corrected chi connectivity index (χ4v) is 0.360. The Balaban J connectivity index is 3.91. The van der Waals surface area contributed by atoms with E-state index >= 15 is 0 Å². The molecule has 0 aliphatic heterocycles. The average Bonchev–Trinajstić information content (AvgIpc) is 1.82. The number of nitrogens with zero attached hydrogens (tertiary/aromatic N) is 1. The third kappa shape index (κ3) is 3.33. The predicted molar refractivity (Wildman–Crippen MR) is 33.2 cm³/mol. The van der Waals surface area contributed by atoms with Crippen molar-refractivity contribution in [3.63, 3.8) is 0 Å². The molecule has 9 heavy (non-hydrogen) atoms. The van der Waals surface area contributed by atoms with Crippen LogP contribution in [0.15, 0.2) is 12.0 Å². The number of nitro groups is 1. The Morgan fingerprint density at radius 3 is 2.11 bits per heavy atom. The van der Waals surface area contributed by atoms with Gasteiger partial charge in [0.1, 0.15) is 0 Å². The summed E-state index contributed by atoms with van der Waals surface area (Å²) in [6, 6.07) is 0. The van der Waals surface area contributed by atoms with Crippen LogP contribution in [-0.4, -0.2) is 19.0 Å². The minimum Gasteiger partial charge on any atom is -0.370 e. The van der Waals surface area contributed by atoms with Crippen LogP contribution in [0.5, 0.6) is 0 Å². The lowest BCUT2D eigenvalue weighted by Gasteiger charge is -1.98. The molecule has 0 aliphatic rings. The van der Waals surface area contributed by atoms with Crippen molar-refractivity contribution in [2.45, 2.75) is 0 Å². The van der Waals surface area contributed by atoms with Crippen molar-refractivity contribution in [2.24, 2.45) is 0 Å². The zero-order chi connectivity index (χ0) is 7.28. The van der Waals surface area contributed by atoms with Crippen LogP contribution in [0, 0.1) is 10.1 Å². The fourth-order valence-electron chi connectivity index (χ4n) is 0.360. The van der Waals surface area contributed by atoms with Crippen LogP contribution >= 0.6 is 0 Å². The van der Waals surface area contributed by atoms with Gasteiger partial charge in [-0.2, -0.15) is 0 Å².